The van der Waals surface area contributed by atoms with E-state index < -0.39 is 5.91 Å². The van der Waals surface area contributed by atoms with E-state index in [2.05, 4.69) is 20.5 Å². The molecule has 4 aromatic rings. The molecule has 1 N–H and O–H groups in total. The number of benzene rings is 2. The van der Waals surface area contributed by atoms with E-state index >= 15 is 0 Å². The molecule has 0 aliphatic carbocycles. The fraction of sp³-hybridized carbons (Fsp3) is 0.0500. The Hall–Kier alpha value is -3.65. The van der Waals surface area contributed by atoms with E-state index in [1.54, 1.807) is 53.9 Å². The second kappa shape index (κ2) is 7.53. The van der Waals surface area contributed by atoms with Crippen LogP contribution in [-0.2, 0) is 0 Å². The topological polar surface area (TPSA) is 98.0 Å². The van der Waals surface area contributed by atoms with E-state index in [4.69, 9.17) is 4.42 Å². The lowest BCUT2D eigenvalue weighted by Gasteiger charge is -2.03. The number of hydrogen-bond donors (Lipinski definition) is 1. The average Bonchev–Trinajstić information content (AvgIpc) is 3.37. The molecule has 0 spiro atoms. The molecule has 28 heavy (non-hydrogen) atoms. The number of carbonyl (C=O) groups is 2. The van der Waals surface area contributed by atoms with E-state index in [-0.39, 0.29) is 17.7 Å². The summed E-state index contributed by atoms with van der Waals surface area (Å²) in [6.07, 6.45) is 0. The van der Waals surface area contributed by atoms with Crippen molar-refractivity contribution in [1.82, 2.24) is 15.2 Å². The predicted molar refractivity (Wildman–Crippen MR) is 104 cm³/mol. The average molecular weight is 390 g/mol. The molecule has 0 unspecified atom stereocenters. The zero-order valence-corrected chi connectivity index (χ0v) is 15.6. The first-order valence-corrected chi connectivity index (χ1v) is 9.25. The summed E-state index contributed by atoms with van der Waals surface area (Å²) in [5.74, 6) is -0.278. The maximum atomic E-state index is 12.4. The van der Waals surface area contributed by atoms with Crippen LogP contribution in [0.1, 0.15) is 31.3 Å². The van der Waals surface area contributed by atoms with Gasteiger partial charge in [0.05, 0.1) is 5.01 Å². The molecule has 0 bridgehead atoms. The number of carbonyl (C=O) groups excluding carboxylic acids is 2. The maximum Gasteiger partial charge on any atom is 0.322 e. The molecule has 2 heterocycles. The summed E-state index contributed by atoms with van der Waals surface area (Å²) in [5.41, 5.74) is 2.03. The van der Waals surface area contributed by atoms with Gasteiger partial charge in [-0.05, 0) is 19.1 Å². The second-order valence-corrected chi connectivity index (χ2v) is 6.95. The van der Waals surface area contributed by atoms with Crippen molar-refractivity contribution in [3.8, 4) is 11.6 Å². The van der Waals surface area contributed by atoms with Gasteiger partial charge in [0.2, 0.25) is 0 Å². The molecule has 0 saturated heterocycles. The summed E-state index contributed by atoms with van der Waals surface area (Å²) in [5, 5.41) is 12.9. The number of ketones is 1. The number of nitrogens with one attached hydrogen (secondary N) is 1. The summed E-state index contributed by atoms with van der Waals surface area (Å²) < 4.78 is 5.43. The second-order valence-electron chi connectivity index (χ2n) is 5.89. The van der Waals surface area contributed by atoms with Crippen molar-refractivity contribution in [2.75, 3.05) is 5.32 Å². The highest BCUT2D eigenvalue weighted by Crippen LogP contribution is 2.22. The third-order valence-corrected chi connectivity index (χ3v) is 4.70. The van der Waals surface area contributed by atoms with Gasteiger partial charge in [0.15, 0.2) is 5.78 Å². The molecule has 4 rings (SSSR count). The first kappa shape index (κ1) is 17.7. The Bertz CT molecular complexity index is 1130. The van der Waals surface area contributed by atoms with Crippen molar-refractivity contribution < 1.29 is 14.0 Å². The molecular weight excluding hydrogens is 376 g/mol. The Balaban J connectivity index is 1.45. The molecular formula is C20H14N4O3S. The van der Waals surface area contributed by atoms with E-state index in [0.29, 0.717) is 22.4 Å². The van der Waals surface area contributed by atoms with E-state index in [0.717, 1.165) is 5.01 Å². The molecule has 2 aromatic heterocycles. The SMILES string of the molecule is Cc1nc(-c2nnc(NC(=O)c3ccc(C(=O)c4ccccc4)cc3)o2)cs1. The van der Waals surface area contributed by atoms with Gasteiger partial charge in [-0.1, -0.05) is 47.6 Å². The van der Waals surface area contributed by atoms with Crippen molar-refractivity contribution >= 4 is 29.0 Å². The number of rotatable bonds is 5. The van der Waals surface area contributed by atoms with Crippen LogP contribution in [0.2, 0.25) is 0 Å². The largest absolute Gasteiger partial charge is 0.401 e. The summed E-state index contributed by atoms with van der Waals surface area (Å²) >= 11 is 1.47. The van der Waals surface area contributed by atoms with Crippen LogP contribution in [0, 0.1) is 6.92 Å². The van der Waals surface area contributed by atoms with Gasteiger partial charge < -0.3 is 4.42 Å². The van der Waals surface area contributed by atoms with Gasteiger partial charge in [0.1, 0.15) is 5.69 Å². The van der Waals surface area contributed by atoms with Crippen molar-refractivity contribution in [3.05, 3.63) is 81.7 Å². The standard InChI is InChI=1S/C20H14N4O3S/c1-12-21-16(11-28-12)19-23-24-20(27-19)22-18(26)15-9-7-14(8-10-15)17(25)13-5-3-2-4-6-13/h2-11H,1H3,(H,22,24,26). The van der Waals surface area contributed by atoms with Crippen LogP contribution in [0.25, 0.3) is 11.6 Å². The van der Waals surface area contributed by atoms with Crippen LogP contribution >= 0.6 is 11.3 Å². The minimum absolute atomic E-state index is 0.0184. The summed E-state index contributed by atoms with van der Waals surface area (Å²) in [6, 6.07) is 15.3. The molecule has 0 atom stereocenters. The molecule has 138 valence electrons. The van der Waals surface area contributed by atoms with Crippen molar-refractivity contribution in [2.24, 2.45) is 0 Å². The van der Waals surface area contributed by atoms with Crippen LogP contribution in [0.5, 0.6) is 0 Å². The fourth-order valence-electron chi connectivity index (χ4n) is 2.54. The minimum Gasteiger partial charge on any atom is -0.401 e. The van der Waals surface area contributed by atoms with Crippen molar-refractivity contribution in [3.63, 3.8) is 0 Å². The molecule has 2 aromatic carbocycles. The number of amides is 1. The lowest BCUT2D eigenvalue weighted by molar-refractivity contribution is 0.101. The van der Waals surface area contributed by atoms with Crippen LogP contribution in [0.4, 0.5) is 6.01 Å². The summed E-state index contributed by atoms with van der Waals surface area (Å²) in [7, 11) is 0. The van der Waals surface area contributed by atoms with Crippen LogP contribution in [0.15, 0.2) is 64.4 Å². The van der Waals surface area contributed by atoms with E-state index in [9.17, 15) is 9.59 Å². The van der Waals surface area contributed by atoms with Crippen LogP contribution in [0.3, 0.4) is 0 Å². The highest BCUT2D eigenvalue weighted by Gasteiger charge is 2.15. The number of thiazole rings is 1. The van der Waals surface area contributed by atoms with Gasteiger partial charge >= 0.3 is 6.01 Å². The number of hydrogen-bond acceptors (Lipinski definition) is 7. The third kappa shape index (κ3) is 3.72. The van der Waals surface area contributed by atoms with Gasteiger partial charge in [0, 0.05) is 22.1 Å². The lowest BCUT2D eigenvalue weighted by atomic mass is 10.0. The zero-order valence-electron chi connectivity index (χ0n) is 14.7. The highest BCUT2D eigenvalue weighted by molar-refractivity contribution is 7.09. The van der Waals surface area contributed by atoms with Gasteiger partial charge in [0.25, 0.3) is 11.8 Å². The number of nitrogens with zero attached hydrogens (tertiary/aromatic N) is 3. The molecule has 0 aliphatic rings. The van der Waals surface area contributed by atoms with Crippen LogP contribution in [-0.4, -0.2) is 26.9 Å². The Labute approximate surface area is 164 Å². The van der Waals surface area contributed by atoms with Crippen molar-refractivity contribution in [2.45, 2.75) is 6.92 Å². The third-order valence-electron chi connectivity index (χ3n) is 3.93. The first-order chi connectivity index (χ1) is 13.6. The molecule has 8 heteroatoms. The summed E-state index contributed by atoms with van der Waals surface area (Å²) in [4.78, 5) is 29.1. The van der Waals surface area contributed by atoms with Gasteiger partial charge in [-0.2, -0.15) is 0 Å². The molecule has 0 radical (unpaired) electrons. The first-order valence-electron chi connectivity index (χ1n) is 8.37. The molecule has 0 aliphatic heterocycles. The monoisotopic (exact) mass is 390 g/mol. The number of aromatic nitrogens is 3. The molecule has 0 fully saturated rings. The Morgan fingerprint density at radius 2 is 1.61 bits per heavy atom. The Kier molecular flexibility index (Phi) is 4.77. The normalized spacial score (nSPS) is 10.6. The fourth-order valence-corrected chi connectivity index (χ4v) is 3.12. The van der Waals surface area contributed by atoms with E-state index in [1.165, 1.54) is 11.3 Å². The molecule has 7 nitrogen and oxygen atoms in total. The van der Waals surface area contributed by atoms with Crippen LogP contribution < -0.4 is 5.32 Å². The number of aryl methyl sites for hydroxylation is 1. The Morgan fingerprint density at radius 3 is 2.29 bits per heavy atom. The lowest BCUT2D eigenvalue weighted by Crippen LogP contribution is -2.12. The molecule has 0 saturated carbocycles. The van der Waals surface area contributed by atoms with Crippen molar-refractivity contribution in [1.29, 1.82) is 0 Å². The predicted octanol–water partition coefficient (Wildman–Crippen LogP) is 3.98. The van der Waals surface area contributed by atoms with Gasteiger partial charge in [-0.3, -0.25) is 14.9 Å². The minimum atomic E-state index is -0.414. The maximum absolute atomic E-state index is 12.4. The summed E-state index contributed by atoms with van der Waals surface area (Å²) in [6.45, 7) is 1.87. The highest BCUT2D eigenvalue weighted by atomic mass is 32.1. The quantitative estimate of drug-likeness (QED) is 0.518. The number of anilines is 1. The molecule has 1 amide bonds. The van der Waals surface area contributed by atoms with Gasteiger partial charge in [-0.25, -0.2) is 4.98 Å². The Morgan fingerprint density at radius 1 is 0.929 bits per heavy atom. The smallest absolute Gasteiger partial charge is 0.322 e. The zero-order chi connectivity index (χ0) is 19.5. The van der Waals surface area contributed by atoms with Gasteiger partial charge in [-0.15, -0.1) is 16.4 Å². The van der Waals surface area contributed by atoms with E-state index in [1.807, 2.05) is 13.0 Å².